The van der Waals surface area contributed by atoms with Crippen LogP contribution in [0.25, 0.3) is 0 Å². The zero-order valence-electron chi connectivity index (χ0n) is 15.1. The number of hydrogen-bond donors (Lipinski definition) is 2. The molecule has 0 aromatic heterocycles. The summed E-state index contributed by atoms with van der Waals surface area (Å²) < 4.78 is 0. The van der Waals surface area contributed by atoms with Gasteiger partial charge in [-0.1, -0.05) is 43.3 Å². The lowest BCUT2D eigenvalue weighted by molar-refractivity contribution is -0.117. The first-order valence-corrected chi connectivity index (χ1v) is 9.10. The molecule has 4 heteroatoms. The molecule has 2 N–H and O–H groups in total. The van der Waals surface area contributed by atoms with Crippen molar-refractivity contribution in [2.45, 2.75) is 33.2 Å². The smallest absolute Gasteiger partial charge is 0.238 e. The van der Waals surface area contributed by atoms with E-state index in [9.17, 15) is 4.79 Å². The molecule has 1 aliphatic heterocycles. The SMILES string of the molecule is CCCN(CC(=O)Nc1ccccc1C)Cc1cccc2c1NCC2. The van der Waals surface area contributed by atoms with Crippen molar-refractivity contribution >= 4 is 17.3 Å². The number of aryl methyl sites for hydroxylation is 1. The second-order valence-corrected chi connectivity index (χ2v) is 6.70. The van der Waals surface area contributed by atoms with Crippen LogP contribution in [0.1, 0.15) is 30.0 Å². The van der Waals surface area contributed by atoms with E-state index in [-0.39, 0.29) is 5.91 Å². The molecule has 0 radical (unpaired) electrons. The molecule has 1 aliphatic rings. The van der Waals surface area contributed by atoms with Crippen molar-refractivity contribution in [3.05, 3.63) is 59.2 Å². The highest BCUT2D eigenvalue weighted by Crippen LogP contribution is 2.27. The van der Waals surface area contributed by atoms with Crippen LogP contribution in [0.15, 0.2) is 42.5 Å². The third-order valence-corrected chi connectivity index (χ3v) is 4.65. The number of carbonyl (C=O) groups is 1. The van der Waals surface area contributed by atoms with Crippen molar-refractivity contribution in [1.82, 2.24) is 4.90 Å². The maximum atomic E-state index is 12.5. The summed E-state index contributed by atoms with van der Waals surface area (Å²) in [6.07, 6.45) is 2.12. The average Bonchev–Trinajstić information content (AvgIpc) is 3.07. The molecular formula is C21H27N3O. The molecule has 0 saturated carbocycles. The first-order chi connectivity index (χ1) is 12.2. The number of para-hydroxylation sites is 2. The number of nitrogens with one attached hydrogen (secondary N) is 2. The number of anilines is 2. The summed E-state index contributed by atoms with van der Waals surface area (Å²) in [4.78, 5) is 14.7. The highest BCUT2D eigenvalue weighted by atomic mass is 16.2. The van der Waals surface area contributed by atoms with Crippen LogP contribution < -0.4 is 10.6 Å². The fraction of sp³-hybridized carbons (Fsp3) is 0.381. The van der Waals surface area contributed by atoms with Crippen molar-refractivity contribution < 1.29 is 4.79 Å². The molecule has 0 fully saturated rings. The molecule has 3 rings (SSSR count). The van der Waals surface area contributed by atoms with Gasteiger partial charge in [-0.3, -0.25) is 9.69 Å². The fourth-order valence-electron chi connectivity index (χ4n) is 3.42. The quantitative estimate of drug-likeness (QED) is 0.807. The Balaban J connectivity index is 1.66. The van der Waals surface area contributed by atoms with Gasteiger partial charge in [-0.2, -0.15) is 0 Å². The lowest BCUT2D eigenvalue weighted by atomic mass is 10.1. The molecule has 0 bridgehead atoms. The number of amides is 1. The summed E-state index contributed by atoms with van der Waals surface area (Å²) >= 11 is 0. The highest BCUT2D eigenvalue weighted by Gasteiger charge is 2.17. The monoisotopic (exact) mass is 337 g/mol. The van der Waals surface area contributed by atoms with E-state index in [4.69, 9.17) is 0 Å². The van der Waals surface area contributed by atoms with Gasteiger partial charge in [0.15, 0.2) is 0 Å². The number of fused-ring (bicyclic) bond motifs is 1. The van der Waals surface area contributed by atoms with Crippen LogP contribution in [0.4, 0.5) is 11.4 Å². The van der Waals surface area contributed by atoms with Gasteiger partial charge in [0.2, 0.25) is 5.91 Å². The van der Waals surface area contributed by atoms with E-state index in [1.54, 1.807) is 0 Å². The minimum Gasteiger partial charge on any atom is -0.384 e. The van der Waals surface area contributed by atoms with Gasteiger partial charge in [0, 0.05) is 24.5 Å². The third-order valence-electron chi connectivity index (χ3n) is 4.65. The Morgan fingerprint density at radius 1 is 1.20 bits per heavy atom. The van der Waals surface area contributed by atoms with Crippen LogP contribution in [0, 0.1) is 6.92 Å². The van der Waals surface area contributed by atoms with E-state index < -0.39 is 0 Å². The molecule has 4 nitrogen and oxygen atoms in total. The predicted molar refractivity (Wildman–Crippen MR) is 104 cm³/mol. The van der Waals surface area contributed by atoms with Gasteiger partial charge in [0.25, 0.3) is 0 Å². The second kappa shape index (κ2) is 8.17. The highest BCUT2D eigenvalue weighted by molar-refractivity contribution is 5.92. The van der Waals surface area contributed by atoms with Crippen molar-refractivity contribution in [3.8, 4) is 0 Å². The van der Waals surface area contributed by atoms with Gasteiger partial charge >= 0.3 is 0 Å². The predicted octanol–water partition coefficient (Wildman–Crippen LogP) is 3.81. The summed E-state index contributed by atoms with van der Waals surface area (Å²) in [5.74, 6) is 0.0447. The van der Waals surface area contributed by atoms with E-state index in [2.05, 4.69) is 40.7 Å². The molecule has 1 amide bonds. The molecule has 25 heavy (non-hydrogen) atoms. The van der Waals surface area contributed by atoms with E-state index in [1.165, 1.54) is 16.8 Å². The van der Waals surface area contributed by atoms with Crippen LogP contribution >= 0.6 is 0 Å². The largest absolute Gasteiger partial charge is 0.384 e. The minimum absolute atomic E-state index is 0.0447. The number of rotatable bonds is 7. The lowest BCUT2D eigenvalue weighted by Crippen LogP contribution is -2.33. The lowest BCUT2D eigenvalue weighted by Gasteiger charge is -2.23. The van der Waals surface area contributed by atoms with E-state index in [0.29, 0.717) is 6.54 Å². The van der Waals surface area contributed by atoms with Gasteiger partial charge < -0.3 is 10.6 Å². The molecule has 0 atom stereocenters. The third kappa shape index (κ3) is 4.40. The molecule has 132 valence electrons. The van der Waals surface area contributed by atoms with Gasteiger partial charge in [-0.05, 0) is 49.1 Å². The molecule has 0 unspecified atom stereocenters. The van der Waals surface area contributed by atoms with E-state index in [0.717, 1.165) is 43.7 Å². The van der Waals surface area contributed by atoms with Crippen molar-refractivity contribution in [3.63, 3.8) is 0 Å². The van der Waals surface area contributed by atoms with Crippen molar-refractivity contribution in [1.29, 1.82) is 0 Å². The standard InChI is InChI=1S/C21H27N3O/c1-3-13-24(14-18-9-6-8-17-11-12-22-21(17)18)15-20(25)23-19-10-5-4-7-16(19)2/h4-10,22H,3,11-15H2,1-2H3,(H,23,25). The topological polar surface area (TPSA) is 44.4 Å². The summed E-state index contributed by atoms with van der Waals surface area (Å²) in [5, 5.41) is 6.53. The second-order valence-electron chi connectivity index (χ2n) is 6.70. The first-order valence-electron chi connectivity index (χ1n) is 9.10. The van der Waals surface area contributed by atoms with Gasteiger partial charge in [0.05, 0.1) is 6.54 Å². The average molecular weight is 337 g/mol. The summed E-state index contributed by atoms with van der Waals surface area (Å²) in [5.41, 5.74) is 5.92. The Hall–Kier alpha value is -2.33. The van der Waals surface area contributed by atoms with Crippen molar-refractivity contribution in [2.75, 3.05) is 30.3 Å². The molecule has 0 aliphatic carbocycles. The maximum absolute atomic E-state index is 12.5. The Kier molecular flexibility index (Phi) is 5.71. The number of nitrogens with zero attached hydrogens (tertiary/aromatic N) is 1. The van der Waals surface area contributed by atoms with E-state index >= 15 is 0 Å². The van der Waals surface area contributed by atoms with Crippen LogP contribution in [0.5, 0.6) is 0 Å². The van der Waals surface area contributed by atoms with Crippen LogP contribution in [-0.4, -0.2) is 30.4 Å². The number of hydrogen-bond acceptors (Lipinski definition) is 3. The van der Waals surface area contributed by atoms with Gasteiger partial charge in [0.1, 0.15) is 0 Å². The molecule has 2 aromatic carbocycles. The number of benzene rings is 2. The summed E-state index contributed by atoms with van der Waals surface area (Å²) in [6, 6.07) is 14.4. The first kappa shape index (κ1) is 17.5. The molecule has 1 heterocycles. The fourth-order valence-corrected chi connectivity index (χ4v) is 3.42. The molecule has 0 saturated heterocycles. The Morgan fingerprint density at radius 3 is 2.84 bits per heavy atom. The molecule has 2 aromatic rings. The van der Waals surface area contributed by atoms with Crippen LogP contribution in [0.3, 0.4) is 0 Å². The van der Waals surface area contributed by atoms with Crippen LogP contribution in [-0.2, 0) is 17.8 Å². The molecular weight excluding hydrogens is 310 g/mol. The normalized spacial score (nSPS) is 12.8. The summed E-state index contributed by atoms with van der Waals surface area (Å²) in [7, 11) is 0. The van der Waals surface area contributed by atoms with Gasteiger partial charge in [-0.15, -0.1) is 0 Å². The zero-order chi connectivity index (χ0) is 17.6. The maximum Gasteiger partial charge on any atom is 0.238 e. The van der Waals surface area contributed by atoms with Gasteiger partial charge in [-0.25, -0.2) is 0 Å². The molecule has 0 spiro atoms. The van der Waals surface area contributed by atoms with Crippen molar-refractivity contribution in [2.24, 2.45) is 0 Å². The Bertz CT molecular complexity index is 742. The Labute approximate surface area is 150 Å². The minimum atomic E-state index is 0.0447. The summed E-state index contributed by atoms with van der Waals surface area (Å²) in [6.45, 7) is 7.29. The zero-order valence-corrected chi connectivity index (χ0v) is 15.1. The Morgan fingerprint density at radius 2 is 2.04 bits per heavy atom. The number of carbonyl (C=O) groups excluding carboxylic acids is 1. The van der Waals surface area contributed by atoms with E-state index in [1.807, 2.05) is 31.2 Å². The van der Waals surface area contributed by atoms with Crippen LogP contribution in [0.2, 0.25) is 0 Å².